The van der Waals surface area contributed by atoms with Gasteiger partial charge in [0.15, 0.2) is 0 Å². The van der Waals surface area contributed by atoms with E-state index in [1.165, 1.54) is 22.6 Å². The summed E-state index contributed by atoms with van der Waals surface area (Å²) in [6.45, 7) is 2.10. The van der Waals surface area contributed by atoms with Crippen LogP contribution in [0, 0.1) is 0 Å². The zero-order valence-corrected chi connectivity index (χ0v) is 15.1. The van der Waals surface area contributed by atoms with Crippen LogP contribution < -0.4 is 0 Å². The van der Waals surface area contributed by atoms with Crippen LogP contribution in [0.1, 0.15) is 64.7 Å². The minimum atomic E-state index is -6.01. The smallest absolute Gasteiger partial charge is 0.219 e. The Bertz CT molecular complexity index is 344. The highest BCUT2D eigenvalue weighted by Crippen LogP contribution is 2.48. The molecule has 0 N–H and O–H groups in total. The van der Waals surface area contributed by atoms with E-state index in [0.29, 0.717) is 12.8 Å². The molecule has 0 aromatic heterocycles. The summed E-state index contributed by atoms with van der Waals surface area (Å²) in [5.74, 6) is 0. The molecule has 0 heterocycles. The fraction of sp³-hybridized carbons (Fsp3) is 0.867. The first-order valence-electron chi connectivity index (χ1n) is 7.65. The Kier molecular flexibility index (Phi) is 10.1. The predicted octanol–water partition coefficient (Wildman–Crippen LogP) is 7.67. The first-order chi connectivity index (χ1) is 10.5. The van der Waals surface area contributed by atoms with Crippen molar-refractivity contribution < 1.29 is 30.7 Å². The molecule has 8 heteroatoms. The van der Waals surface area contributed by atoms with Gasteiger partial charge in [-0.15, -0.1) is 0 Å². The van der Waals surface area contributed by atoms with Crippen molar-refractivity contribution in [3.63, 3.8) is 0 Å². The average Bonchev–Trinajstić information content (AvgIpc) is 2.39. The molecule has 23 heavy (non-hydrogen) atoms. The molecule has 0 saturated carbocycles. The third kappa shape index (κ3) is 8.07. The van der Waals surface area contributed by atoms with Gasteiger partial charge < -0.3 is 0 Å². The van der Waals surface area contributed by atoms with Gasteiger partial charge in [-0.1, -0.05) is 51.9 Å². The minimum absolute atomic E-state index is 0.0212. The molecule has 0 radical (unpaired) electrons. The first kappa shape index (κ1) is 23.0. The zero-order chi connectivity index (χ0) is 18.1. The van der Waals surface area contributed by atoms with Gasteiger partial charge in [0.25, 0.3) is 0 Å². The Morgan fingerprint density at radius 1 is 0.739 bits per heavy atom. The molecule has 0 spiro atoms. The van der Waals surface area contributed by atoms with Crippen molar-refractivity contribution in [1.82, 2.24) is 0 Å². The molecular formula is C15H22F7I. The molecule has 0 aliphatic heterocycles. The molecule has 0 fully saturated rings. The summed E-state index contributed by atoms with van der Waals surface area (Å²) in [7, 11) is 0. The number of halogens is 8. The second-order valence-electron chi connectivity index (χ2n) is 5.52. The van der Waals surface area contributed by atoms with E-state index >= 15 is 0 Å². The Balaban J connectivity index is 4.37. The molecule has 0 amide bonds. The summed E-state index contributed by atoms with van der Waals surface area (Å²) in [5.41, 5.74) is -5.28. The van der Waals surface area contributed by atoms with Crippen LogP contribution in [0.4, 0.5) is 30.7 Å². The highest BCUT2D eigenvalue weighted by atomic mass is 127. The van der Waals surface area contributed by atoms with Crippen molar-refractivity contribution in [2.24, 2.45) is 0 Å². The van der Waals surface area contributed by atoms with Crippen LogP contribution in [0.25, 0.3) is 0 Å². The van der Waals surface area contributed by atoms with Gasteiger partial charge in [0.2, 0.25) is 0 Å². The summed E-state index contributed by atoms with van der Waals surface area (Å²) in [5, 5.41) is 0. The largest absolute Gasteiger partial charge is 0.435 e. The van der Waals surface area contributed by atoms with Crippen LogP contribution in [-0.4, -0.2) is 18.0 Å². The predicted molar refractivity (Wildman–Crippen MR) is 85.3 cm³/mol. The second kappa shape index (κ2) is 10.1. The van der Waals surface area contributed by atoms with Gasteiger partial charge in [-0.3, -0.25) is 0 Å². The van der Waals surface area contributed by atoms with Gasteiger partial charge >= 0.3 is 18.0 Å². The number of hydrogen-bond donors (Lipinski definition) is 0. The normalized spacial score (nSPS) is 14.4. The molecular weight excluding hydrogens is 440 g/mol. The van der Waals surface area contributed by atoms with E-state index in [2.05, 4.69) is 6.92 Å². The van der Waals surface area contributed by atoms with Crippen LogP contribution in [0.15, 0.2) is 9.66 Å². The van der Waals surface area contributed by atoms with Gasteiger partial charge in [-0.2, -0.15) is 26.3 Å². The fourth-order valence-corrected chi connectivity index (χ4v) is 2.85. The first-order valence-corrected chi connectivity index (χ1v) is 8.73. The van der Waals surface area contributed by atoms with Crippen molar-refractivity contribution in [3.05, 3.63) is 9.66 Å². The monoisotopic (exact) mass is 462 g/mol. The lowest BCUT2D eigenvalue weighted by atomic mass is 10.0. The topological polar surface area (TPSA) is 0 Å². The molecule has 0 aromatic rings. The second-order valence-corrected chi connectivity index (χ2v) is 6.91. The maximum atomic E-state index is 13.5. The molecule has 0 aliphatic carbocycles. The van der Waals surface area contributed by atoms with Crippen molar-refractivity contribution >= 4 is 22.6 Å². The summed E-state index contributed by atoms with van der Waals surface area (Å²) in [6, 6.07) is 0. The maximum Gasteiger partial charge on any atom is 0.435 e. The number of unbranched alkanes of at least 4 members (excludes halogenated alkanes) is 7. The van der Waals surface area contributed by atoms with Gasteiger partial charge in [0.1, 0.15) is 0 Å². The van der Waals surface area contributed by atoms with Gasteiger partial charge in [-0.05, 0) is 45.1 Å². The average molecular weight is 462 g/mol. The van der Waals surface area contributed by atoms with Crippen molar-refractivity contribution in [2.75, 3.05) is 0 Å². The molecule has 0 bridgehead atoms. The van der Waals surface area contributed by atoms with Crippen molar-refractivity contribution in [3.8, 4) is 0 Å². The molecule has 0 saturated heterocycles. The van der Waals surface area contributed by atoms with E-state index in [1.54, 1.807) is 0 Å². The molecule has 0 aliphatic rings. The van der Waals surface area contributed by atoms with Gasteiger partial charge in [-0.25, -0.2) is 4.39 Å². The molecule has 138 valence electrons. The third-order valence-electron chi connectivity index (χ3n) is 3.45. The summed E-state index contributed by atoms with van der Waals surface area (Å²) < 4.78 is 87.7. The standard InChI is InChI=1S/C15H22F7I/c1-2-3-4-5-6-7-8-9-10-12(23)11-13(16,14(17,18)19)15(20,21)22/h11H,2-10H2,1H3. The molecule has 0 aromatic carbocycles. The van der Waals surface area contributed by atoms with Crippen molar-refractivity contribution in [2.45, 2.75) is 82.7 Å². The Labute approximate surface area is 146 Å². The van der Waals surface area contributed by atoms with E-state index < -0.39 is 18.0 Å². The molecule has 0 rings (SSSR count). The van der Waals surface area contributed by atoms with Crippen LogP contribution in [0.3, 0.4) is 0 Å². The van der Waals surface area contributed by atoms with Crippen LogP contribution in [0.2, 0.25) is 0 Å². The van der Waals surface area contributed by atoms with E-state index in [1.807, 2.05) is 0 Å². The Morgan fingerprint density at radius 2 is 1.13 bits per heavy atom. The third-order valence-corrected chi connectivity index (χ3v) is 4.30. The lowest BCUT2D eigenvalue weighted by molar-refractivity contribution is -0.322. The van der Waals surface area contributed by atoms with Gasteiger partial charge in [0, 0.05) is 0 Å². The highest BCUT2D eigenvalue weighted by Gasteiger charge is 2.71. The molecule has 0 atom stereocenters. The van der Waals surface area contributed by atoms with Crippen LogP contribution in [-0.2, 0) is 0 Å². The SMILES string of the molecule is CCCCCCCCCCC(I)=CC(F)(C(F)(F)F)C(F)(F)F. The lowest BCUT2D eigenvalue weighted by Gasteiger charge is -2.27. The maximum absolute atomic E-state index is 13.5. The number of hydrogen-bond acceptors (Lipinski definition) is 0. The molecule has 0 unspecified atom stereocenters. The summed E-state index contributed by atoms with van der Waals surface area (Å²) in [6.07, 6.45) is -4.79. The fourth-order valence-electron chi connectivity index (χ4n) is 2.04. The Hall–Kier alpha value is -0.0200. The van der Waals surface area contributed by atoms with Crippen molar-refractivity contribution in [1.29, 1.82) is 0 Å². The van der Waals surface area contributed by atoms with Crippen LogP contribution in [0.5, 0.6) is 0 Å². The number of alkyl halides is 7. The quantitative estimate of drug-likeness (QED) is 0.178. The minimum Gasteiger partial charge on any atom is -0.219 e. The van der Waals surface area contributed by atoms with Crippen LogP contribution >= 0.6 is 22.6 Å². The van der Waals surface area contributed by atoms with Gasteiger partial charge in [0.05, 0.1) is 0 Å². The van der Waals surface area contributed by atoms with E-state index in [0.717, 1.165) is 38.5 Å². The molecule has 0 nitrogen and oxygen atoms in total. The number of rotatable bonds is 10. The highest BCUT2D eigenvalue weighted by molar-refractivity contribution is 14.1. The Morgan fingerprint density at radius 3 is 1.52 bits per heavy atom. The number of allylic oxidation sites excluding steroid dienone is 2. The van der Waals surface area contributed by atoms with E-state index in [-0.39, 0.29) is 16.1 Å². The zero-order valence-electron chi connectivity index (χ0n) is 13.0. The lowest BCUT2D eigenvalue weighted by Crippen LogP contribution is -2.51. The summed E-state index contributed by atoms with van der Waals surface area (Å²) >= 11 is 1.35. The summed E-state index contributed by atoms with van der Waals surface area (Å²) in [4.78, 5) is 0. The van der Waals surface area contributed by atoms with E-state index in [9.17, 15) is 30.7 Å². The van der Waals surface area contributed by atoms with E-state index in [4.69, 9.17) is 0 Å².